The molecule has 0 amide bonds. The van der Waals surface area contributed by atoms with Crippen molar-refractivity contribution in [1.29, 1.82) is 0 Å². The largest absolute Gasteiger partial charge is 0.205 e. The summed E-state index contributed by atoms with van der Waals surface area (Å²) >= 11 is 0. The van der Waals surface area contributed by atoms with E-state index in [0.717, 1.165) is 42.0 Å². The molecule has 0 aliphatic heterocycles. The van der Waals surface area contributed by atoms with Gasteiger partial charge in [-0.2, -0.15) is 0 Å². The molecule has 1 heteroatoms. The first kappa shape index (κ1) is 23.6. The van der Waals surface area contributed by atoms with Crippen LogP contribution >= 0.6 is 0 Å². The number of halogens is 1. The summed E-state index contributed by atoms with van der Waals surface area (Å²) in [7, 11) is 0. The Labute approximate surface area is 199 Å². The molecule has 0 aromatic heterocycles. The first-order valence-electron chi connectivity index (χ1n) is 13.0. The van der Waals surface area contributed by atoms with Gasteiger partial charge in [0.05, 0.1) is 5.56 Å². The Balaban J connectivity index is 1.40. The average molecular weight is 441 g/mol. The maximum atomic E-state index is 15.1. The molecule has 33 heavy (non-hydrogen) atoms. The van der Waals surface area contributed by atoms with Gasteiger partial charge in [0.15, 0.2) is 0 Å². The lowest BCUT2D eigenvalue weighted by atomic mass is 9.78. The van der Waals surface area contributed by atoms with Crippen LogP contribution in [0.25, 0.3) is 10.8 Å². The molecule has 3 aromatic rings. The molecule has 0 unspecified atom stereocenters. The van der Waals surface area contributed by atoms with Crippen LogP contribution in [-0.4, -0.2) is 0 Å². The van der Waals surface area contributed by atoms with Crippen molar-refractivity contribution in [3.8, 4) is 11.8 Å². The van der Waals surface area contributed by atoms with Gasteiger partial charge in [-0.25, -0.2) is 4.39 Å². The quantitative estimate of drug-likeness (QED) is 0.322. The predicted molar refractivity (Wildman–Crippen MR) is 139 cm³/mol. The van der Waals surface area contributed by atoms with Crippen molar-refractivity contribution in [3.05, 3.63) is 82.7 Å². The predicted octanol–water partition coefficient (Wildman–Crippen LogP) is 8.87. The minimum absolute atomic E-state index is 0.205. The first-order chi connectivity index (χ1) is 16.2. The Morgan fingerprint density at radius 1 is 0.727 bits per heavy atom. The molecule has 0 heterocycles. The second-order valence-corrected chi connectivity index (χ2v) is 9.89. The van der Waals surface area contributed by atoms with Crippen molar-refractivity contribution >= 4 is 10.8 Å². The van der Waals surface area contributed by atoms with Crippen molar-refractivity contribution in [3.63, 3.8) is 0 Å². The van der Waals surface area contributed by atoms with Gasteiger partial charge in [0.1, 0.15) is 5.82 Å². The highest BCUT2D eigenvalue weighted by Gasteiger charge is 2.20. The molecule has 0 N–H and O–H groups in total. The van der Waals surface area contributed by atoms with Gasteiger partial charge < -0.3 is 0 Å². The molecular weight excluding hydrogens is 403 g/mol. The lowest BCUT2D eigenvalue weighted by Gasteiger charge is -2.28. The Morgan fingerprint density at radius 3 is 2.12 bits per heavy atom. The van der Waals surface area contributed by atoms with Gasteiger partial charge >= 0.3 is 0 Å². The lowest BCUT2D eigenvalue weighted by Crippen LogP contribution is -2.15. The van der Waals surface area contributed by atoms with Crippen LogP contribution in [0.3, 0.4) is 0 Å². The molecule has 1 aliphatic carbocycles. The molecule has 0 nitrogen and oxygen atoms in total. The maximum Gasteiger partial charge on any atom is 0.146 e. The Morgan fingerprint density at radius 2 is 1.42 bits per heavy atom. The number of hydrogen-bond donors (Lipinski definition) is 0. The summed E-state index contributed by atoms with van der Waals surface area (Å²) < 4.78 is 15.1. The van der Waals surface area contributed by atoms with Crippen LogP contribution < -0.4 is 0 Å². The zero-order valence-electron chi connectivity index (χ0n) is 20.3. The third-order valence-electron chi connectivity index (χ3n) is 7.36. The van der Waals surface area contributed by atoms with E-state index < -0.39 is 0 Å². The highest BCUT2D eigenvalue weighted by Crippen LogP contribution is 2.34. The summed E-state index contributed by atoms with van der Waals surface area (Å²) in [6.45, 7) is 4.48. The molecule has 0 bridgehead atoms. The third kappa shape index (κ3) is 6.26. The van der Waals surface area contributed by atoms with Crippen LogP contribution in [0.4, 0.5) is 4.39 Å². The van der Waals surface area contributed by atoms with Crippen molar-refractivity contribution < 1.29 is 4.39 Å². The summed E-state index contributed by atoms with van der Waals surface area (Å²) in [5.41, 5.74) is 4.04. The van der Waals surface area contributed by atoms with Crippen molar-refractivity contribution in [2.75, 3.05) is 0 Å². The SMILES string of the molecule is CCCc1ccc(C#Cc2ccc3cc(CCC4CCC(CCC)CC4)ccc3c2F)cc1. The van der Waals surface area contributed by atoms with Gasteiger partial charge in [-0.15, -0.1) is 0 Å². The number of benzene rings is 3. The van der Waals surface area contributed by atoms with Crippen molar-refractivity contribution in [1.82, 2.24) is 0 Å². The fourth-order valence-electron chi connectivity index (χ4n) is 5.36. The van der Waals surface area contributed by atoms with E-state index in [2.05, 4.69) is 50.0 Å². The lowest BCUT2D eigenvalue weighted by molar-refractivity contribution is 0.252. The first-order valence-corrected chi connectivity index (χ1v) is 13.0. The molecular formula is C32H37F. The minimum atomic E-state index is -0.205. The summed E-state index contributed by atoms with van der Waals surface area (Å²) in [5, 5.41) is 1.65. The number of fused-ring (bicyclic) bond motifs is 1. The third-order valence-corrected chi connectivity index (χ3v) is 7.36. The number of hydrogen-bond acceptors (Lipinski definition) is 0. The van der Waals surface area contributed by atoms with Crippen LogP contribution in [0.5, 0.6) is 0 Å². The number of rotatable bonds is 7. The molecule has 172 valence electrons. The van der Waals surface area contributed by atoms with Gasteiger partial charge in [-0.3, -0.25) is 0 Å². The van der Waals surface area contributed by atoms with Gasteiger partial charge in [-0.05, 0) is 65.8 Å². The molecule has 3 aromatic carbocycles. The Bertz CT molecular complexity index is 1100. The van der Waals surface area contributed by atoms with Crippen LogP contribution in [-0.2, 0) is 12.8 Å². The highest BCUT2D eigenvalue weighted by atomic mass is 19.1. The van der Waals surface area contributed by atoms with Crippen molar-refractivity contribution in [2.24, 2.45) is 11.8 Å². The molecule has 4 rings (SSSR count). The topological polar surface area (TPSA) is 0 Å². The standard InChI is InChI=1S/C32H37F/c1-3-5-24-7-11-26(12-8-24)15-16-28-18-22-31-30(23-28)21-20-29(32(31)33)19-17-27-13-9-25(6-4-2)10-14-27/h9-10,13-14,18,20-24,26H,3-8,11-12,15-16H2,1-2H3. The Hall–Kier alpha value is -2.59. The van der Waals surface area contributed by atoms with E-state index >= 15 is 4.39 Å². The zero-order chi connectivity index (χ0) is 23.0. The van der Waals surface area contributed by atoms with E-state index in [1.807, 2.05) is 30.3 Å². The average Bonchev–Trinajstić information content (AvgIpc) is 2.84. The summed E-state index contributed by atoms with van der Waals surface area (Å²) in [5.74, 6) is 7.79. The second-order valence-electron chi connectivity index (χ2n) is 9.89. The van der Waals surface area contributed by atoms with E-state index in [9.17, 15) is 0 Å². The van der Waals surface area contributed by atoms with Crippen LogP contribution in [0, 0.1) is 29.5 Å². The van der Waals surface area contributed by atoms with E-state index in [1.165, 1.54) is 56.1 Å². The maximum absolute atomic E-state index is 15.1. The second kappa shape index (κ2) is 11.5. The fraction of sp³-hybridized carbons (Fsp3) is 0.438. The molecule has 0 atom stereocenters. The molecule has 1 saturated carbocycles. The summed E-state index contributed by atoms with van der Waals surface area (Å²) in [6, 6.07) is 18.4. The number of aryl methyl sites for hydroxylation is 2. The molecule has 1 fully saturated rings. The van der Waals surface area contributed by atoms with Gasteiger partial charge in [0, 0.05) is 10.9 Å². The van der Waals surface area contributed by atoms with Crippen LogP contribution in [0.2, 0.25) is 0 Å². The zero-order valence-corrected chi connectivity index (χ0v) is 20.3. The summed E-state index contributed by atoms with van der Waals surface area (Å²) in [4.78, 5) is 0. The smallest absolute Gasteiger partial charge is 0.146 e. The molecule has 1 aliphatic rings. The van der Waals surface area contributed by atoms with E-state index in [0.29, 0.717) is 10.9 Å². The molecule has 0 radical (unpaired) electrons. The highest BCUT2D eigenvalue weighted by molar-refractivity contribution is 5.85. The van der Waals surface area contributed by atoms with Crippen LogP contribution in [0.1, 0.15) is 87.5 Å². The Kier molecular flexibility index (Phi) is 8.22. The molecule has 0 spiro atoms. The fourth-order valence-corrected chi connectivity index (χ4v) is 5.36. The monoisotopic (exact) mass is 440 g/mol. The van der Waals surface area contributed by atoms with E-state index in [4.69, 9.17) is 0 Å². The van der Waals surface area contributed by atoms with E-state index in [-0.39, 0.29) is 5.82 Å². The normalized spacial score (nSPS) is 18.2. The van der Waals surface area contributed by atoms with Gasteiger partial charge in [0.25, 0.3) is 0 Å². The minimum Gasteiger partial charge on any atom is -0.205 e. The van der Waals surface area contributed by atoms with E-state index in [1.54, 1.807) is 0 Å². The van der Waals surface area contributed by atoms with Crippen LogP contribution in [0.15, 0.2) is 54.6 Å². The molecule has 0 saturated heterocycles. The summed E-state index contributed by atoms with van der Waals surface area (Å²) in [6.07, 6.45) is 12.9. The van der Waals surface area contributed by atoms with Gasteiger partial charge in [0.2, 0.25) is 0 Å². The van der Waals surface area contributed by atoms with Crippen molar-refractivity contribution in [2.45, 2.75) is 78.1 Å². The van der Waals surface area contributed by atoms with Gasteiger partial charge in [-0.1, -0.05) is 107 Å².